The molecular weight excluding hydrogens is 302 g/mol. The van der Waals surface area contributed by atoms with Crippen molar-refractivity contribution in [1.82, 2.24) is 5.32 Å². The van der Waals surface area contributed by atoms with Crippen molar-refractivity contribution >= 4 is 35.1 Å². The zero-order chi connectivity index (χ0) is 15.9. The molecule has 2 aromatic rings. The highest BCUT2D eigenvalue weighted by Gasteiger charge is 2.04. The van der Waals surface area contributed by atoms with Crippen LogP contribution in [-0.4, -0.2) is 13.1 Å². The molecule has 5 nitrogen and oxygen atoms in total. The Kier molecular flexibility index (Phi) is 5.27. The summed E-state index contributed by atoms with van der Waals surface area (Å²) in [6, 6.07) is 11.9. The van der Waals surface area contributed by atoms with Gasteiger partial charge in [-0.15, -0.1) is 0 Å². The van der Waals surface area contributed by atoms with Crippen LogP contribution in [0.1, 0.15) is 5.56 Å². The van der Waals surface area contributed by atoms with Crippen molar-refractivity contribution in [3.05, 3.63) is 59.3 Å². The fourth-order valence-electron chi connectivity index (χ4n) is 1.72. The number of anilines is 2. The second kappa shape index (κ2) is 7.38. The minimum Gasteiger partial charge on any atom is -0.497 e. The summed E-state index contributed by atoms with van der Waals surface area (Å²) in [5, 5.41) is 5.62. The van der Waals surface area contributed by atoms with Crippen LogP contribution in [0.25, 0.3) is 6.08 Å². The third-order valence-corrected chi connectivity index (χ3v) is 3.16. The number of ether oxygens (including phenoxy) is 1. The number of halogens is 1. The minimum atomic E-state index is -0.392. The van der Waals surface area contributed by atoms with Gasteiger partial charge >= 0.3 is 6.03 Å². The van der Waals surface area contributed by atoms with Crippen molar-refractivity contribution in [1.29, 1.82) is 0 Å². The molecular formula is C16H16ClN3O2. The quantitative estimate of drug-likeness (QED) is 0.752. The number of rotatable bonds is 4. The second-order valence-corrected chi connectivity index (χ2v) is 4.85. The van der Waals surface area contributed by atoms with E-state index in [1.807, 2.05) is 24.3 Å². The van der Waals surface area contributed by atoms with Crippen molar-refractivity contribution in [2.45, 2.75) is 0 Å². The average molecular weight is 318 g/mol. The van der Waals surface area contributed by atoms with Crippen LogP contribution in [0.2, 0.25) is 5.02 Å². The second-order valence-electron chi connectivity index (χ2n) is 4.44. The third kappa shape index (κ3) is 4.43. The van der Waals surface area contributed by atoms with E-state index in [1.165, 1.54) is 0 Å². The van der Waals surface area contributed by atoms with Crippen molar-refractivity contribution in [2.24, 2.45) is 0 Å². The lowest BCUT2D eigenvalue weighted by atomic mass is 10.2. The van der Waals surface area contributed by atoms with Crippen LogP contribution in [0, 0.1) is 0 Å². The van der Waals surface area contributed by atoms with Gasteiger partial charge < -0.3 is 21.1 Å². The van der Waals surface area contributed by atoms with Crippen LogP contribution in [0.15, 0.2) is 48.7 Å². The molecule has 0 heterocycles. The zero-order valence-corrected chi connectivity index (χ0v) is 12.7. The van der Waals surface area contributed by atoms with Crippen LogP contribution in [0.5, 0.6) is 5.75 Å². The zero-order valence-electron chi connectivity index (χ0n) is 12.0. The fourth-order valence-corrected chi connectivity index (χ4v) is 1.96. The van der Waals surface area contributed by atoms with E-state index in [1.54, 1.807) is 37.6 Å². The first-order valence-corrected chi connectivity index (χ1v) is 6.89. The van der Waals surface area contributed by atoms with E-state index in [9.17, 15) is 4.79 Å². The summed E-state index contributed by atoms with van der Waals surface area (Å²) in [5.41, 5.74) is 7.56. The number of carbonyl (C=O) groups excluding carboxylic acids is 1. The van der Waals surface area contributed by atoms with E-state index in [2.05, 4.69) is 10.6 Å². The van der Waals surface area contributed by atoms with Gasteiger partial charge in [-0.1, -0.05) is 23.7 Å². The maximum atomic E-state index is 11.8. The van der Waals surface area contributed by atoms with Crippen LogP contribution < -0.4 is 21.1 Å². The fraction of sp³-hybridized carbons (Fsp3) is 0.0625. The minimum absolute atomic E-state index is 0.384. The molecule has 0 fully saturated rings. The number of methoxy groups -OCH3 is 1. The van der Waals surface area contributed by atoms with Gasteiger partial charge in [0, 0.05) is 11.9 Å². The smallest absolute Gasteiger partial charge is 0.323 e. The van der Waals surface area contributed by atoms with Crippen LogP contribution >= 0.6 is 11.6 Å². The molecule has 0 aliphatic rings. The van der Waals surface area contributed by atoms with E-state index in [0.717, 1.165) is 11.3 Å². The maximum Gasteiger partial charge on any atom is 0.323 e. The van der Waals surface area contributed by atoms with Crippen molar-refractivity contribution in [2.75, 3.05) is 18.2 Å². The molecule has 0 bridgehead atoms. The summed E-state index contributed by atoms with van der Waals surface area (Å²) < 4.78 is 5.07. The molecule has 2 rings (SSSR count). The van der Waals surface area contributed by atoms with Gasteiger partial charge in [-0.2, -0.15) is 0 Å². The standard InChI is InChI=1S/C16H16ClN3O2/c1-22-13-5-2-11(3-6-13)8-9-19-16(21)20-15-7-4-12(18)10-14(15)17/h2-10H,18H2,1H3,(H2,19,20,21)/b9-8+. The van der Waals surface area contributed by atoms with E-state index in [4.69, 9.17) is 22.1 Å². The molecule has 0 aliphatic heterocycles. The summed E-state index contributed by atoms with van der Waals surface area (Å²) in [4.78, 5) is 11.8. The first-order valence-electron chi connectivity index (χ1n) is 6.51. The summed E-state index contributed by atoms with van der Waals surface area (Å²) >= 11 is 5.98. The highest BCUT2D eigenvalue weighted by atomic mass is 35.5. The SMILES string of the molecule is COc1ccc(/C=C/NC(=O)Nc2ccc(N)cc2Cl)cc1. The molecule has 0 atom stereocenters. The van der Waals surface area contributed by atoms with Crippen molar-refractivity contribution < 1.29 is 9.53 Å². The number of benzene rings is 2. The number of carbonyl (C=O) groups is 1. The molecule has 0 saturated heterocycles. The predicted molar refractivity (Wildman–Crippen MR) is 90.0 cm³/mol. The number of urea groups is 1. The van der Waals surface area contributed by atoms with Gasteiger partial charge in [0.05, 0.1) is 17.8 Å². The van der Waals surface area contributed by atoms with Gasteiger partial charge in [0.1, 0.15) is 5.75 Å². The topological polar surface area (TPSA) is 76.4 Å². The van der Waals surface area contributed by atoms with Gasteiger partial charge in [0.25, 0.3) is 0 Å². The highest BCUT2D eigenvalue weighted by molar-refractivity contribution is 6.34. The third-order valence-electron chi connectivity index (χ3n) is 2.85. The molecule has 6 heteroatoms. The molecule has 4 N–H and O–H groups in total. The first-order chi connectivity index (χ1) is 10.6. The van der Waals surface area contributed by atoms with Gasteiger partial charge in [0.15, 0.2) is 0 Å². The largest absolute Gasteiger partial charge is 0.497 e. The molecule has 0 radical (unpaired) electrons. The number of nitrogens with one attached hydrogen (secondary N) is 2. The van der Waals surface area contributed by atoms with Crippen molar-refractivity contribution in [3.63, 3.8) is 0 Å². The lowest BCUT2D eigenvalue weighted by Gasteiger charge is -2.07. The summed E-state index contributed by atoms with van der Waals surface area (Å²) in [6.45, 7) is 0. The number of nitrogens with two attached hydrogens (primary N) is 1. The molecule has 0 unspecified atom stereocenters. The molecule has 0 spiro atoms. The van der Waals surface area contributed by atoms with E-state index in [0.29, 0.717) is 16.4 Å². The molecule has 0 saturated carbocycles. The number of hydrogen-bond acceptors (Lipinski definition) is 3. The van der Waals surface area contributed by atoms with Gasteiger partial charge in [-0.3, -0.25) is 0 Å². The van der Waals surface area contributed by atoms with E-state index in [-0.39, 0.29) is 0 Å². The maximum absolute atomic E-state index is 11.8. The van der Waals surface area contributed by atoms with Gasteiger partial charge in [0.2, 0.25) is 0 Å². The van der Waals surface area contributed by atoms with Crippen LogP contribution in [0.4, 0.5) is 16.2 Å². The Labute approximate surface area is 133 Å². The Morgan fingerprint density at radius 2 is 1.95 bits per heavy atom. The van der Waals surface area contributed by atoms with Gasteiger partial charge in [-0.25, -0.2) is 4.79 Å². The van der Waals surface area contributed by atoms with Gasteiger partial charge in [-0.05, 0) is 42.0 Å². The number of hydrogen-bond donors (Lipinski definition) is 3. The summed E-state index contributed by atoms with van der Waals surface area (Å²) in [7, 11) is 1.61. The summed E-state index contributed by atoms with van der Waals surface area (Å²) in [5.74, 6) is 0.779. The Morgan fingerprint density at radius 3 is 2.59 bits per heavy atom. The van der Waals surface area contributed by atoms with E-state index < -0.39 is 6.03 Å². The molecule has 0 aliphatic carbocycles. The normalized spacial score (nSPS) is 10.5. The monoisotopic (exact) mass is 317 g/mol. The molecule has 2 amide bonds. The average Bonchev–Trinajstić information content (AvgIpc) is 2.51. The predicted octanol–water partition coefficient (Wildman–Crippen LogP) is 3.72. The number of nitrogen functional groups attached to an aromatic ring is 1. The molecule has 22 heavy (non-hydrogen) atoms. The summed E-state index contributed by atoms with van der Waals surface area (Å²) in [6.07, 6.45) is 3.31. The lowest BCUT2D eigenvalue weighted by molar-refractivity contribution is 0.255. The van der Waals surface area contributed by atoms with Crippen LogP contribution in [-0.2, 0) is 0 Å². The lowest BCUT2D eigenvalue weighted by Crippen LogP contribution is -2.23. The molecule has 2 aromatic carbocycles. The molecule has 114 valence electrons. The number of amides is 2. The van der Waals surface area contributed by atoms with E-state index >= 15 is 0 Å². The Morgan fingerprint density at radius 1 is 1.23 bits per heavy atom. The first kappa shape index (κ1) is 15.7. The highest BCUT2D eigenvalue weighted by Crippen LogP contribution is 2.23. The Bertz CT molecular complexity index is 684. The Hall–Kier alpha value is -2.66. The van der Waals surface area contributed by atoms with Crippen molar-refractivity contribution in [3.8, 4) is 5.75 Å². The Balaban J connectivity index is 1.90. The molecule has 0 aromatic heterocycles. The van der Waals surface area contributed by atoms with Crippen LogP contribution in [0.3, 0.4) is 0 Å².